The second-order valence-corrected chi connectivity index (χ2v) is 5.58. The fraction of sp³-hybridized carbons (Fsp3) is 0.500. The van der Waals surface area contributed by atoms with E-state index in [2.05, 4.69) is 43.5 Å². The fourth-order valence-electron chi connectivity index (χ4n) is 2.06. The normalized spacial score (nSPS) is 13.3. The highest BCUT2D eigenvalue weighted by atomic mass is 16.3. The number of nitrogens with one attached hydrogen (secondary N) is 2. The molecule has 0 spiro atoms. The van der Waals surface area contributed by atoms with E-state index in [9.17, 15) is 0 Å². The highest BCUT2D eigenvalue weighted by Crippen LogP contribution is 2.18. The maximum absolute atomic E-state index is 5.78. The van der Waals surface area contributed by atoms with Gasteiger partial charge in [-0.2, -0.15) is 0 Å². The molecule has 3 nitrogen and oxygen atoms in total. The van der Waals surface area contributed by atoms with Crippen molar-refractivity contribution < 1.29 is 4.42 Å². The molecule has 0 fully saturated rings. The summed E-state index contributed by atoms with van der Waals surface area (Å²) in [4.78, 5) is 0. The first-order valence-electron chi connectivity index (χ1n) is 7.06. The predicted octanol–water partition coefficient (Wildman–Crippen LogP) is 3.16. The zero-order chi connectivity index (χ0) is 13.7. The first-order valence-corrected chi connectivity index (χ1v) is 7.06. The summed E-state index contributed by atoms with van der Waals surface area (Å²) >= 11 is 0. The molecule has 1 unspecified atom stereocenters. The summed E-state index contributed by atoms with van der Waals surface area (Å²) < 4.78 is 5.78. The van der Waals surface area contributed by atoms with E-state index in [0.29, 0.717) is 12.0 Å². The van der Waals surface area contributed by atoms with Crippen molar-refractivity contribution in [1.82, 2.24) is 10.6 Å². The van der Waals surface area contributed by atoms with Gasteiger partial charge in [0, 0.05) is 18.0 Å². The molecule has 0 amide bonds. The minimum Gasteiger partial charge on any atom is -0.460 e. The molecule has 104 valence electrons. The molecular weight excluding hydrogens is 236 g/mol. The number of furan rings is 1. The third-order valence-corrected chi connectivity index (χ3v) is 3.10. The summed E-state index contributed by atoms with van der Waals surface area (Å²) in [6.45, 7) is 9.46. The zero-order valence-corrected chi connectivity index (χ0v) is 12.1. The van der Waals surface area contributed by atoms with Crippen LogP contribution in [0.1, 0.15) is 26.5 Å². The fourth-order valence-corrected chi connectivity index (χ4v) is 2.06. The van der Waals surface area contributed by atoms with Crippen LogP contribution in [0.2, 0.25) is 0 Å². The Morgan fingerprint density at radius 2 is 1.89 bits per heavy atom. The maximum Gasteiger partial charge on any atom is 0.134 e. The van der Waals surface area contributed by atoms with Crippen molar-refractivity contribution in [1.29, 1.82) is 0 Å². The molecular formula is C16H24N2O. The Balaban J connectivity index is 1.78. The Morgan fingerprint density at radius 3 is 2.63 bits per heavy atom. The molecule has 0 aliphatic heterocycles. The predicted molar refractivity (Wildman–Crippen MR) is 80.2 cm³/mol. The van der Waals surface area contributed by atoms with Crippen molar-refractivity contribution in [3.63, 3.8) is 0 Å². The molecule has 2 aromatic rings. The minimum atomic E-state index is 0.437. The number of para-hydroxylation sites is 1. The van der Waals surface area contributed by atoms with Gasteiger partial charge in [-0.3, -0.25) is 0 Å². The van der Waals surface area contributed by atoms with Gasteiger partial charge >= 0.3 is 0 Å². The standard InChI is InChI=1S/C16H24N2O/c1-12(2)9-17-10-13(3)18-11-15-8-14-6-4-5-7-16(14)19-15/h4-8,12-13,17-18H,9-11H2,1-3H3. The molecule has 0 radical (unpaired) electrons. The Bertz CT molecular complexity index is 471. The van der Waals surface area contributed by atoms with Crippen molar-refractivity contribution in [2.24, 2.45) is 5.92 Å². The lowest BCUT2D eigenvalue weighted by Crippen LogP contribution is -2.37. The third-order valence-electron chi connectivity index (χ3n) is 3.10. The lowest BCUT2D eigenvalue weighted by Gasteiger charge is -2.14. The van der Waals surface area contributed by atoms with Crippen LogP contribution >= 0.6 is 0 Å². The monoisotopic (exact) mass is 260 g/mol. The van der Waals surface area contributed by atoms with E-state index >= 15 is 0 Å². The van der Waals surface area contributed by atoms with Gasteiger partial charge in [-0.05, 0) is 31.5 Å². The molecule has 2 rings (SSSR count). The Labute approximate surface area is 115 Å². The molecule has 1 aromatic heterocycles. The smallest absolute Gasteiger partial charge is 0.134 e. The number of fused-ring (bicyclic) bond motifs is 1. The highest BCUT2D eigenvalue weighted by molar-refractivity contribution is 5.77. The van der Waals surface area contributed by atoms with Crippen LogP contribution in [0.25, 0.3) is 11.0 Å². The maximum atomic E-state index is 5.78. The summed E-state index contributed by atoms with van der Waals surface area (Å²) in [6, 6.07) is 10.7. The van der Waals surface area contributed by atoms with Crippen molar-refractivity contribution >= 4 is 11.0 Å². The van der Waals surface area contributed by atoms with Gasteiger partial charge < -0.3 is 15.1 Å². The number of rotatable bonds is 7. The van der Waals surface area contributed by atoms with Gasteiger partial charge in [0.15, 0.2) is 0 Å². The zero-order valence-electron chi connectivity index (χ0n) is 12.1. The third kappa shape index (κ3) is 4.37. The van der Waals surface area contributed by atoms with E-state index in [1.54, 1.807) is 0 Å². The van der Waals surface area contributed by atoms with E-state index in [4.69, 9.17) is 4.42 Å². The summed E-state index contributed by atoms with van der Waals surface area (Å²) in [5, 5.41) is 8.10. The van der Waals surface area contributed by atoms with Crippen molar-refractivity contribution in [2.45, 2.75) is 33.4 Å². The van der Waals surface area contributed by atoms with Gasteiger partial charge in [-0.25, -0.2) is 0 Å². The molecule has 0 aliphatic rings. The van der Waals surface area contributed by atoms with Crippen LogP contribution in [0.4, 0.5) is 0 Å². The molecule has 1 aromatic carbocycles. The van der Waals surface area contributed by atoms with Gasteiger partial charge in [-0.15, -0.1) is 0 Å². The highest BCUT2D eigenvalue weighted by Gasteiger charge is 2.05. The molecule has 3 heteroatoms. The first-order chi connectivity index (χ1) is 9.15. The van der Waals surface area contributed by atoms with E-state index in [-0.39, 0.29) is 0 Å². The number of benzene rings is 1. The summed E-state index contributed by atoms with van der Waals surface area (Å²) in [5.74, 6) is 1.69. The molecule has 0 saturated heterocycles. The second kappa shape index (κ2) is 6.73. The van der Waals surface area contributed by atoms with Crippen molar-refractivity contribution in [3.8, 4) is 0 Å². The molecule has 2 N–H and O–H groups in total. The molecule has 0 saturated carbocycles. The van der Waals surface area contributed by atoms with Crippen LogP contribution in [0, 0.1) is 5.92 Å². The topological polar surface area (TPSA) is 37.2 Å². The van der Waals surface area contributed by atoms with Crippen molar-refractivity contribution in [3.05, 3.63) is 36.1 Å². The van der Waals surface area contributed by atoms with Gasteiger partial charge in [0.1, 0.15) is 11.3 Å². The Morgan fingerprint density at radius 1 is 1.11 bits per heavy atom. The summed E-state index contributed by atoms with van der Waals surface area (Å²) in [5.41, 5.74) is 0.963. The van der Waals surface area contributed by atoms with Gasteiger partial charge in [0.25, 0.3) is 0 Å². The molecule has 19 heavy (non-hydrogen) atoms. The Kier molecular flexibility index (Phi) is 5.00. The average molecular weight is 260 g/mol. The second-order valence-electron chi connectivity index (χ2n) is 5.58. The van der Waals surface area contributed by atoms with E-state index < -0.39 is 0 Å². The number of hydrogen-bond donors (Lipinski definition) is 2. The lowest BCUT2D eigenvalue weighted by atomic mass is 10.2. The van der Waals surface area contributed by atoms with E-state index in [1.807, 2.05) is 18.2 Å². The Hall–Kier alpha value is -1.32. The van der Waals surface area contributed by atoms with E-state index in [0.717, 1.165) is 31.0 Å². The van der Waals surface area contributed by atoms with Gasteiger partial charge in [0.05, 0.1) is 6.54 Å². The molecule has 1 heterocycles. The van der Waals surface area contributed by atoms with E-state index in [1.165, 1.54) is 5.39 Å². The summed E-state index contributed by atoms with van der Waals surface area (Å²) in [7, 11) is 0. The average Bonchev–Trinajstić information content (AvgIpc) is 2.78. The van der Waals surface area contributed by atoms with Gasteiger partial charge in [0.2, 0.25) is 0 Å². The van der Waals surface area contributed by atoms with Crippen LogP contribution in [0.5, 0.6) is 0 Å². The molecule has 1 atom stereocenters. The van der Waals surface area contributed by atoms with Crippen LogP contribution in [0.3, 0.4) is 0 Å². The first kappa shape index (κ1) is 14.1. The number of hydrogen-bond acceptors (Lipinski definition) is 3. The van der Waals surface area contributed by atoms with Crippen LogP contribution in [-0.4, -0.2) is 19.1 Å². The minimum absolute atomic E-state index is 0.437. The molecule has 0 bridgehead atoms. The van der Waals surface area contributed by atoms with Crippen LogP contribution < -0.4 is 10.6 Å². The SMILES string of the molecule is CC(C)CNCC(C)NCc1cc2ccccc2o1. The van der Waals surface area contributed by atoms with Crippen molar-refractivity contribution in [2.75, 3.05) is 13.1 Å². The summed E-state index contributed by atoms with van der Waals surface area (Å²) in [6.07, 6.45) is 0. The quantitative estimate of drug-likeness (QED) is 0.803. The molecule has 0 aliphatic carbocycles. The largest absolute Gasteiger partial charge is 0.460 e. The van der Waals surface area contributed by atoms with Crippen LogP contribution in [-0.2, 0) is 6.54 Å². The van der Waals surface area contributed by atoms with Crippen LogP contribution in [0.15, 0.2) is 34.7 Å². The van der Waals surface area contributed by atoms with Gasteiger partial charge in [-0.1, -0.05) is 32.0 Å². The lowest BCUT2D eigenvalue weighted by molar-refractivity contribution is 0.443.